The number of amides is 1. The molecule has 3 N–H and O–H groups in total. The van der Waals surface area contributed by atoms with Crippen molar-refractivity contribution in [1.29, 1.82) is 0 Å². The van der Waals surface area contributed by atoms with Crippen LogP contribution in [0.2, 0.25) is 0 Å². The number of nitrogens with one attached hydrogen (secondary N) is 1. The van der Waals surface area contributed by atoms with Crippen LogP contribution in [0.5, 0.6) is 0 Å². The van der Waals surface area contributed by atoms with Gasteiger partial charge in [-0.1, -0.05) is 17.9 Å². The zero-order valence-corrected chi connectivity index (χ0v) is 11.7. The Kier molecular flexibility index (Phi) is 5.10. The minimum Gasteiger partial charge on any atom is -0.325 e. The van der Waals surface area contributed by atoms with E-state index in [1.54, 1.807) is 18.2 Å². The van der Waals surface area contributed by atoms with E-state index < -0.39 is 21.5 Å². The van der Waals surface area contributed by atoms with E-state index >= 15 is 0 Å². The van der Waals surface area contributed by atoms with E-state index in [1.807, 2.05) is 6.92 Å². The average Bonchev–Trinajstić information content (AvgIpc) is 2.27. The molecule has 1 amide bonds. The van der Waals surface area contributed by atoms with Gasteiger partial charge in [0.05, 0.1) is 6.54 Å². The van der Waals surface area contributed by atoms with Crippen LogP contribution in [0, 0.1) is 18.8 Å². The fourth-order valence-corrected chi connectivity index (χ4v) is 1.96. The predicted molar refractivity (Wildman–Crippen MR) is 75.5 cm³/mol. The number of sulfone groups is 1. The van der Waals surface area contributed by atoms with Crippen molar-refractivity contribution in [3.63, 3.8) is 0 Å². The Morgan fingerprint density at radius 2 is 2.11 bits per heavy atom. The van der Waals surface area contributed by atoms with Crippen molar-refractivity contribution in [2.75, 3.05) is 23.9 Å². The Labute approximate surface area is 113 Å². The zero-order chi connectivity index (χ0) is 14.5. The molecule has 6 heteroatoms. The molecule has 0 bridgehead atoms. The Hall–Kier alpha value is -1.84. The maximum atomic E-state index is 11.5. The lowest BCUT2D eigenvalue weighted by molar-refractivity contribution is -0.113. The maximum absolute atomic E-state index is 11.5. The molecule has 0 aromatic heterocycles. The van der Waals surface area contributed by atoms with Gasteiger partial charge in [0.2, 0.25) is 5.91 Å². The number of carbonyl (C=O) groups excluding carboxylic acids is 1. The molecule has 102 valence electrons. The number of hydrogen-bond acceptors (Lipinski definition) is 4. The van der Waals surface area contributed by atoms with E-state index in [4.69, 9.17) is 5.73 Å². The Morgan fingerprint density at radius 3 is 2.68 bits per heavy atom. The van der Waals surface area contributed by atoms with Crippen molar-refractivity contribution in [2.24, 2.45) is 5.73 Å². The van der Waals surface area contributed by atoms with Crippen LogP contribution in [-0.4, -0.2) is 32.9 Å². The van der Waals surface area contributed by atoms with E-state index in [1.165, 1.54) is 0 Å². The molecule has 1 aromatic carbocycles. The van der Waals surface area contributed by atoms with Gasteiger partial charge in [0, 0.05) is 17.5 Å². The summed E-state index contributed by atoms with van der Waals surface area (Å²) in [6, 6.07) is 5.19. The predicted octanol–water partition coefficient (Wildman–Crippen LogP) is 0.288. The van der Waals surface area contributed by atoms with Gasteiger partial charge in [-0.2, -0.15) is 0 Å². The molecular weight excluding hydrogens is 264 g/mol. The summed E-state index contributed by atoms with van der Waals surface area (Å²) in [4.78, 5) is 11.5. The Bertz CT molecular complexity index is 640. The first kappa shape index (κ1) is 15.2. The highest BCUT2D eigenvalue weighted by atomic mass is 32.2. The van der Waals surface area contributed by atoms with Crippen molar-refractivity contribution in [3.05, 3.63) is 29.3 Å². The molecule has 19 heavy (non-hydrogen) atoms. The molecule has 0 heterocycles. The number of anilines is 1. The molecule has 0 aliphatic heterocycles. The van der Waals surface area contributed by atoms with E-state index in [0.717, 1.165) is 17.4 Å². The van der Waals surface area contributed by atoms with E-state index in [9.17, 15) is 13.2 Å². The van der Waals surface area contributed by atoms with Gasteiger partial charge in [0.25, 0.3) is 0 Å². The van der Waals surface area contributed by atoms with Crippen molar-refractivity contribution < 1.29 is 13.2 Å². The van der Waals surface area contributed by atoms with Gasteiger partial charge >= 0.3 is 0 Å². The lowest BCUT2D eigenvalue weighted by Gasteiger charge is -2.06. The molecule has 0 spiro atoms. The molecule has 0 fully saturated rings. The molecular formula is C13H16N2O3S. The maximum Gasteiger partial charge on any atom is 0.239 e. The third-order valence-electron chi connectivity index (χ3n) is 2.24. The minimum absolute atomic E-state index is 0.254. The molecule has 5 nitrogen and oxygen atoms in total. The molecule has 1 rings (SSSR count). The van der Waals surface area contributed by atoms with Crippen LogP contribution in [0.15, 0.2) is 18.2 Å². The van der Waals surface area contributed by atoms with Gasteiger partial charge in [-0.05, 0) is 24.6 Å². The Balaban J connectivity index is 2.88. The van der Waals surface area contributed by atoms with Crippen molar-refractivity contribution >= 4 is 21.4 Å². The second-order valence-corrected chi connectivity index (χ2v) is 6.29. The fraction of sp³-hybridized carbons (Fsp3) is 0.308. The first-order valence-corrected chi connectivity index (χ1v) is 7.65. The second kappa shape index (κ2) is 6.36. The molecule has 0 saturated heterocycles. The van der Waals surface area contributed by atoms with Crippen LogP contribution in [-0.2, 0) is 14.6 Å². The summed E-state index contributed by atoms with van der Waals surface area (Å²) in [5.74, 6) is 4.52. The second-order valence-electron chi connectivity index (χ2n) is 4.15. The number of carbonyl (C=O) groups is 1. The van der Waals surface area contributed by atoms with Crippen LogP contribution in [0.4, 0.5) is 5.69 Å². The summed E-state index contributed by atoms with van der Waals surface area (Å²) < 4.78 is 22.0. The lowest BCUT2D eigenvalue weighted by atomic mass is 10.1. The summed E-state index contributed by atoms with van der Waals surface area (Å²) in [7, 11) is -3.33. The van der Waals surface area contributed by atoms with Crippen LogP contribution < -0.4 is 11.1 Å². The third-order valence-corrected chi connectivity index (χ3v) is 3.03. The van der Waals surface area contributed by atoms with Gasteiger partial charge in [0.1, 0.15) is 5.75 Å². The molecule has 0 unspecified atom stereocenters. The molecule has 0 aliphatic carbocycles. The molecule has 1 aromatic rings. The first-order chi connectivity index (χ1) is 8.81. The van der Waals surface area contributed by atoms with Crippen molar-refractivity contribution in [1.82, 2.24) is 0 Å². The topological polar surface area (TPSA) is 89.3 Å². The number of nitrogens with two attached hydrogens (primary N) is 1. The highest BCUT2D eigenvalue weighted by molar-refractivity contribution is 7.91. The number of benzene rings is 1. The first-order valence-electron chi connectivity index (χ1n) is 5.59. The van der Waals surface area contributed by atoms with Gasteiger partial charge in [-0.3, -0.25) is 4.79 Å². The van der Waals surface area contributed by atoms with Gasteiger partial charge < -0.3 is 11.1 Å². The third kappa shape index (κ3) is 5.55. The molecule has 0 atom stereocenters. The van der Waals surface area contributed by atoms with E-state index in [-0.39, 0.29) is 6.54 Å². The van der Waals surface area contributed by atoms with Crippen LogP contribution >= 0.6 is 0 Å². The molecule has 0 aliphatic rings. The largest absolute Gasteiger partial charge is 0.325 e. The molecule has 0 saturated carbocycles. The van der Waals surface area contributed by atoms with Crippen molar-refractivity contribution in [3.8, 4) is 11.8 Å². The number of aryl methyl sites for hydroxylation is 1. The molecule has 0 radical (unpaired) electrons. The number of hydrogen-bond donors (Lipinski definition) is 2. The summed E-state index contributed by atoms with van der Waals surface area (Å²) in [5.41, 5.74) is 7.53. The highest BCUT2D eigenvalue weighted by Gasteiger charge is 2.11. The monoisotopic (exact) mass is 280 g/mol. The summed E-state index contributed by atoms with van der Waals surface area (Å²) in [6.45, 7) is 2.15. The highest BCUT2D eigenvalue weighted by Crippen LogP contribution is 2.14. The fourth-order valence-electron chi connectivity index (χ4n) is 1.42. The van der Waals surface area contributed by atoms with Crippen molar-refractivity contribution in [2.45, 2.75) is 6.92 Å². The standard InChI is InChI=1S/C13H16N2O3S/c1-10-5-6-12(8-11(10)4-3-7-14)15-13(16)9-19(2,17)18/h5-6,8H,7,9,14H2,1-2H3,(H,15,16). The summed E-state index contributed by atoms with van der Waals surface area (Å²) in [6.07, 6.45) is 1.01. The van der Waals surface area contributed by atoms with Crippen LogP contribution in [0.3, 0.4) is 0 Å². The van der Waals surface area contributed by atoms with Gasteiger partial charge in [-0.15, -0.1) is 0 Å². The van der Waals surface area contributed by atoms with Crippen LogP contribution in [0.1, 0.15) is 11.1 Å². The normalized spacial score (nSPS) is 10.5. The smallest absolute Gasteiger partial charge is 0.239 e. The lowest BCUT2D eigenvalue weighted by Crippen LogP contribution is -2.21. The Morgan fingerprint density at radius 1 is 1.42 bits per heavy atom. The van der Waals surface area contributed by atoms with E-state index in [0.29, 0.717) is 5.69 Å². The summed E-state index contributed by atoms with van der Waals surface area (Å²) >= 11 is 0. The van der Waals surface area contributed by atoms with E-state index in [2.05, 4.69) is 17.2 Å². The summed E-state index contributed by atoms with van der Waals surface area (Å²) in [5, 5.41) is 2.53. The van der Waals surface area contributed by atoms with Gasteiger partial charge in [-0.25, -0.2) is 8.42 Å². The minimum atomic E-state index is -3.33. The van der Waals surface area contributed by atoms with Crippen LogP contribution in [0.25, 0.3) is 0 Å². The average molecular weight is 280 g/mol. The quantitative estimate of drug-likeness (QED) is 0.779. The van der Waals surface area contributed by atoms with Gasteiger partial charge in [0.15, 0.2) is 9.84 Å². The number of rotatable bonds is 3. The zero-order valence-electron chi connectivity index (χ0n) is 10.9. The SMILES string of the molecule is Cc1ccc(NC(=O)CS(C)(=O)=O)cc1C#CCN.